The second kappa shape index (κ2) is 10.8. The van der Waals surface area contributed by atoms with Crippen LogP contribution in [0.4, 0.5) is 4.39 Å². The zero-order valence-electron chi connectivity index (χ0n) is 18.6. The molecule has 1 aromatic heterocycles. The fraction of sp³-hybridized carbons (Fsp3) is 0.292. The number of benzene rings is 2. The van der Waals surface area contributed by atoms with E-state index in [1.807, 2.05) is 13.8 Å². The number of hydrogen-bond acceptors (Lipinski definition) is 6. The maximum absolute atomic E-state index is 13.7. The van der Waals surface area contributed by atoms with E-state index in [-0.39, 0.29) is 17.0 Å². The van der Waals surface area contributed by atoms with Crippen LogP contribution in [-0.2, 0) is 9.84 Å². The van der Waals surface area contributed by atoms with Crippen molar-refractivity contribution in [3.63, 3.8) is 0 Å². The van der Waals surface area contributed by atoms with Gasteiger partial charge < -0.3 is 14.8 Å². The van der Waals surface area contributed by atoms with Gasteiger partial charge in [0.2, 0.25) is 0 Å². The van der Waals surface area contributed by atoms with Crippen LogP contribution in [0.3, 0.4) is 0 Å². The Kier molecular flexibility index (Phi) is 8.10. The Morgan fingerprint density at radius 1 is 1.06 bits per heavy atom. The van der Waals surface area contributed by atoms with Crippen LogP contribution in [0.5, 0.6) is 11.5 Å². The van der Waals surface area contributed by atoms with Crippen molar-refractivity contribution in [1.82, 2.24) is 5.32 Å². The summed E-state index contributed by atoms with van der Waals surface area (Å²) >= 11 is 1.28. The molecule has 0 saturated heterocycles. The van der Waals surface area contributed by atoms with E-state index in [1.165, 1.54) is 30.4 Å². The molecule has 0 aliphatic rings. The van der Waals surface area contributed by atoms with Gasteiger partial charge in [-0.3, -0.25) is 4.79 Å². The maximum Gasteiger partial charge on any atom is 0.251 e. The molecule has 0 aliphatic heterocycles. The molecule has 3 rings (SSSR count). The molecule has 2 aromatic carbocycles. The number of carbonyl (C=O) groups is 1. The number of ether oxygens (including phenoxy) is 2. The summed E-state index contributed by atoms with van der Waals surface area (Å²) in [6.45, 7) is 5.91. The molecule has 9 heteroatoms. The van der Waals surface area contributed by atoms with Gasteiger partial charge in [-0.25, -0.2) is 12.8 Å². The first-order chi connectivity index (χ1) is 15.8. The Hall–Kier alpha value is -2.91. The third-order valence-corrected chi connectivity index (χ3v) is 8.16. The van der Waals surface area contributed by atoms with Crippen molar-refractivity contribution in [2.75, 3.05) is 19.8 Å². The number of carbonyl (C=O) groups excluding carboxylic acids is 1. The number of thiophene rings is 1. The monoisotopic (exact) mass is 491 g/mol. The SMILES string of the molecule is CCOc1ccc(C(=O)NC[C@H](c2cccs2)S(=O)(=O)c2ccc(F)c(C)c2)cc1OCC. The van der Waals surface area contributed by atoms with Gasteiger partial charge in [0, 0.05) is 17.0 Å². The molecule has 1 N–H and O–H groups in total. The molecule has 0 unspecified atom stereocenters. The standard InChI is InChI=1S/C24H26FNO5S2/c1-4-30-20-11-8-17(14-21(20)31-5-2)24(27)26-15-23(22-7-6-12-32-22)33(28,29)18-9-10-19(25)16(3)13-18/h6-14,23H,4-5,15H2,1-3H3,(H,26,27)/t23-/m1/s1. The molecule has 0 radical (unpaired) electrons. The lowest BCUT2D eigenvalue weighted by Gasteiger charge is -2.18. The number of sulfone groups is 1. The van der Waals surface area contributed by atoms with Crippen molar-refractivity contribution in [3.05, 3.63) is 75.7 Å². The van der Waals surface area contributed by atoms with E-state index < -0.39 is 26.8 Å². The number of amides is 1. The molecule has 0 fully saturated rings. The zero-order valence-corrected chi connectivity index (χ0v) is 20.3. The fourth-order valence-electron chi connectivity index (χ4n) is 3.28. The Morgan fingerprint density at radius 2 is 1.79 bits per heavy atom. The normalized spacial score (nSPS) is 12.2. The average Bonchev–Trinajstić information content (AvgIpc) is 3.31. The Labute approximate surface area is 197 Å². The molecular formula is C24H26FNO5S2. The molecule has 176 valence electrons. The lowest BCUT2D eigenvalue weighted by molar-refractivity contribution is 0.0953. The minimum Gasteiger partial charge on any atom is -0.490 e. The van der Waals surface area contributed by atoms with Crippen LogP contribution < -0.4 is 14.8 Å². The van der Waals surface area contributed by atoms with E-state index in [0.29, 0.717) is 35.2 Å². The van der Waals surface area contributed by atoms with Gasteiger partial charge in [0.15, 0.2) is 21.3 Å². The van der Waals surface area contributed by atoms with Crippen LogP contribution in [-0.4, -0.2) is 34.1 Å². The predicted molar refractivity (Wildman–Crippen MR) is 126 cm³/mol. The van der Waals surface area contributed by atoms with E-state index in [9.17, 15) is 17.6 Å². The first kappa shape index (κ1) is 24.7. The van der Waals surface area contributed by atoms with E-state index in [2.05, 4.69) is 5.32 Å². The molecule has 3 aromatic rings. The van der Waals surface area contributed by atoms with Crippen molar-refractivity contribution in [1.29, 1.82) is 0 Å². The van der Waals surface area contributed by atoms with E-state index in [4.69, 9.17) is 9.47 Å². The number of aryl methyl sites for hydroxylation is 1. The lowest BCUT2D eigenvalue weighted by Crippen LogP contribution is -2.31. The van der Waals surface area contributed by atoms with Crippen molar-refractivity contribution in [2.45, 2.75) is 30.9 Å². The highest BCUT2D eigenvalue weighted by atomic mass is 32.2. The maximum atomic E-state index is 13.7. The fourth-order valence-corrected chi connectivity index (χ4v) is 6.14. The highest BCUT2D eigenvalue weighted by Crippen LogP contribution is 2.33. The summed E-state index contributed by atoms with van der Waals surface area (Å²) in [6, 6.07) is 12.0. The summed E-state index contributed by atoms with van der Waals surface area (Å²) in [5.74, 6) is 0.0550. The molecule has 0 bridgehead atoms. The Morgan fingerprint density at radius 3 is 2.42 bits per heavy atom. The summed E-state index contributed by atoms with van der Waals surface area (Å²) in [6.07, 6.45) is 0. The summed E-state index contributed by atoms with van der Waals surface area (Å²) in [5.41, 5.74) is 0.560. The van der Waals surface area contributed by atoms with Crippen LogP contribution in [0.2, 0.25) is 0 Å². The molecule has 0 saturated carbocycles. The summed E-state index contributed by atoms with van der Waals surface area (Å²) in [4.78, 5) is 13.4. The second-order valence-electron chi connectivity index (χ2n) is 7.20. The number of nitrogens with one attached hydrogen (secondary N) is 1. The van der Waals surface area contributed by atoms with Crippen molar-refractivity contribution in [3.8, 4) is 11.5 Å². The number of halogens is 1. The Balaban J connectivity index is 1.86. The van der Waals surface area contributed by atoms with Gasteiger partial charge in [-0.1, -0.05) is 6.07 Å². The summed E-state index contributed by atoms with van der Waals surface area (Å²) in [7, 11) is -3.89. The van der Waals surface area contributed by atoms with Gasteiger partial charge in [-0.2, -0.15) is 0 Å². The number of rotatable bonds is 10. The molecule has 33 heavy (non-hydrogen) atoms. The van der Waals surface area contributed by atoms with Crippen LogP contribution >= 0.6 is 11.3 Å². The van der Waals surface area contributed by atoms with Gasteiger partial charge in [0.25, 0.3) is 5.91 Å². The van der Waals surface area contributed by atoms with E-state index in [0.717, 1.165) is 6.07 Å². The minimum atomic E-state index is -3.89. The van der Waals surface area contributed by atoms with Gasteiger partial charge in [0.1, 0.15) is 11.1 Å². The molecule has 1 amide bonds. The lowest BCUT2D eigenvalue weighted by atomic mass is 10.2. The van der Waals surface area contributed by atoms with Crippen LogP contribution in [0.25, 0.3) is 0 Å². The third-order valence-electron chi connectivity index (χ3n) is 4.95. The van der Waals surface area contributed by atoms with Crippen molar-refractivity contribution >= 4 is 27.1 Å². The van der Waals surface area contributed by atoms with E-state index in [1.54, 1.807) is 35.7 Å². The van der Waals surface area contributed by atoms with Crippen LogP contribution in [0, 0.1) is 12.7 Å². The molecule has 0 spiro atoms. The second-order valence-corrected chi connectivity index (χ2v) is 10.3. The van der Waals surface area contributed by atoms with Crippen molar-refractivity contribution < 1.29 is 27.1 Å². The zero-order chi connectivity index (χ0) is 24.0. The quantitative estimate of drug-likeness (QED) is 0.407. The first-order valence-electron chi connectivity index (χ1n) is 10.5. The third kappa shape index (κ3) is 5.72. The van der Waals surface area contributed by atoms with Gasteiger partial charge in [0.05, 0.1) is 18.1 Å². The molecule has 1 heterocycles. The Bertz CT molecular complexity index is 1210. The van der Waals surface area contributed by atoms with Gasteiger partial charge in [-0.15, -0.1) is 11.3 Å². The predicted octanol–water partition coefficient (Wildman–Crippen LogP) is 4.94. The molecule has 6 nitrogen and oxygen atoms in total. The van der Waals surface area contributed by atoms with Crippen LogP contribution in [0.1, 0.15) is 39.9 Å². The van der Waals surface area contributed by atoms with Gasteiger partial charge >= 0.3 is 0 Å². The highest BCUT2D eigenvalue weighted by Gasteiger charge is 2.31. The topological polar surface area (TPSA) is 81.7 Å². The largest absolute Gasteiger partial charge is 0.490 e. The van der Waals surface area contributed by atoms with Crippen LogP contribution in [0.15, 0.2) is 58.8 Å². The first-order valence-corrected chi connectivity index (χ1v) is 12.9. The average molecular weight is 492 g/mol. The molecule has 1 atom stereocenters. The van der Waals surface area contributed by atoms with E-state index >= 15 is 0 Å². The van der Waals surface area contributed by atoms with Gasteiger partial charge in [-0.05, 0) is 74.2 Å². The number of hydrogen-bond donors (Lipinski definition) is 1. The minimum absolute atomic E-state index is 0.00810. The summed E-state index contributed by atoms with van der Waals surface area (Å²) in [5, 5.41) is 3.49. The summed E-state index contributed by atoms with van der Waals surface area (Å²) < 4.78 is 51.6. The molecule has 0 aliphatic carbocycles. The van der Waals surface area contributed by atoms with Crippen molar-refractivity contribution in [2.24, 2.45) is 0 Å². The molecular weight excluding hydrogens is 465 g/mol. The smallest absolute Gasteiger partial charge is 0.251 e. The highest BCUT2D eigenvalue weighted by molar-refractivity contribution is 7.91.